The molecular formula is C36H43NO8S. The Morgan fingerprint density at radius 1 is 0.913 bits per heavy atom. The van der Waals surface area contributed by atoms with E-state index in [0.29, 0.717) is 53.5 Å². The van der Waals surface area contributed by atoms with Crippen LogP contribution in [0.1, 0.15) is 61.7 Å². The van der Waals surface area contributed by atoms with E-state index in [1.54, 1.807) is 79.5 Å². The SMILES string of the molecule is COc1cccc(OCC(CS[C@H]2CCC(=O)[C@@H]2CCCCCCC(=O)Oc2ccc(NC(=O)c3ccccc3)cc2)C(O)O)c1. The Hall–Kier alpha value is -3.86. The predicted octanol–water partition coefficient (Wildman–Crippen LogP) is 6.28. The molecule has 9 nitrogen and oxygen atoms in total. The van der Waals surface area contributed by atoms with Crippen LogP contribution in [0.2, 0.25) is 0 Å². The van der Waals surface area contributed by atoms with Crippen LogP contribution in [0.25, 0.3) is 0 Å². The highest BCUT2D eigenvalue weighted by molar-refractivity contribution is 7.99. The van der Waals surface area contributed by atoms with Gasteiger partial charge in [-0.3, -0.25) is 14.4 Å². The normalized spacial score (nSPS) is 16.7. The molecule has 0 aromatic heterocycles. The number of hydrogen-bond donors (Lipinski definition) is 3. The summed E-state index contributed by atoms with van der Waals surface area (Å²) in [5.74, 6) is 1.39. The van der Waals surface area contributed by atoms with Crippen LogP contribution in [-0.2, 0) is 9.59 Å². The standard InChI is InChI=1S/C36H43NO8S/c1-43-29-12-9-13-30(22-29)44-23-26(36(41)42)24-46-33-21-20-32(38)31(33)14-7-2-3-8-15-34(39)45-28-18-16-27(17-19-28)37-35(40)25-10-5-4-6-11-25/h4-6,9-13,16-19,22,26,31,33,36,41-42H,2-3,7-8,14-15,20-21,23-24H2,1H3,(H,37,40)/t26?,31-,33-/m0/s1. The number of nitrogens with one attached hydrogen (secondary N) is 1. The fourth-order valence-corrected chi connectivity index (χ4v) is 6.92. The number of unbranched alkanes of at least 4 members (excludes halogenated alkanes) is 3. The number of hydrogen-bond acceptors (Lipinski definition) is 9. The van der Waals surface area contributed by atoms with Crippen molar-refractivity contribution in [1.29, 1.82) is 0 Å². The van der Waals surface area contributed by atoms with Gasteiger partial charge in [0.1, 0.15) is 23.0 Å². The van der Waals surface area contributed by atoms with Gasteiger partial charge >= 0.3 is 5.97 Å². The van der Waals surface area contributed by atoms with Crippen LogP contribution in [0.5, 0.6) is 17.2 Å². The molecule has 0 spiro atoms. The number of carbonyl (C=O) groups excluding carboxylic acids is 3. The fourth-order valence-electron chi connectivity index (χ4n) is 5.36. The lowest BCUT2D eigenvalue weighted by atomic mass is 9.98. The molecule has 1 amide bonds. The highest BCUT2D eigenvalue weighted by atomic mass is 32.2. The highest BCUT2D eigenvalue weighted by Crippen LogP contribution is 2.37. The number of thioether (sulfide) groups is 1. The van der Waals surface area contributed by atoms with Gasteiger partial charge in [0.25, 0.3) is 5.91 Å². The number of carbonyl (C=O) groups is 3. The van der Waals surface area contributed by atoms with E-state index < -0.39 is 12.2 Å². The molecule has 3 aromatic rings. The second-order valence-electron chi connectivity index (χ2n) is 11.4. The Morgan fingerprint density at radius 3 is 2.39 bits per heavy atom. The second-order valence-corrected chi connectivity index (χ2v) is 12.7. The largest absolute Gasteiger partial charge is 0.497 e. The number of aliphatic hydroxyl groups excluding tert-OH is 1. The van der Waals surface area contributed by atoms with E-state index in [-0.39, 0.29) is 35.4 Å². The van der Waals surface area contributed by atoms with Gasteiger partial charge in [-0.15, -0.1) is 0 Å². The Bertz CT molecular complexity index is 1400. The molecule has 1 aliphatic carbocycles. The number of anilines is 1. The molecule has 1 saturated carbocycles. The molecule has 3 atom stereocenters. The van der Waals surface area contributed by atoms with Gasteiger partial charge in [-0.1, -0.05) is 43.5 Å². The summed E-state index contributed by atoms with van der Waals surface area (Å²) in [5, 5.41) is 22.8. The summed E-state index contributed by atoms with van der Waals surface area (Å²) in [6.07, 6.45) is 4.29. The van der Waals surface area contributed by atoms with Gasteiger partial charge in [0, 0.05) is 47.1 Å². The number of ether oxygens (including phenoxy) is 3. The van der Waals surface area contributed by atoms with Crippen molar-refractivity contribution in [1.82, 2.24) is 0 Å². The van der Waals surface area contributed by atoms with Crippen molar-refractivity contribution < 1.29 is 38.8 Å². The fraction of sp³-hybridized carbons (Fsp3) is 0.417. The van der Waals surface area contributed by atoms with Gasteiger partial charge in [-0.05, 0) is 67.8 Å². The summed E-state index contributed by atoms with van der Waals surface area (Å²) in [4.78, 5) is 37.2. The van der Waals surface area contributed by atoms with Gasteiger partial charge in [0.15, 0.2) is 6.29 Å². The molecule has 0 heterocycles. The van der Waals surface area contributed by atoms with Crippen LogP contribution in [0.4, 0.5) is 5.69 Å². The molecule has 3 aromatic carbocycles. The van der Waals surface area contributed by atoms with Crippen molar-refractivity contribution in [2.75, 3.05) is 24.8 Å². The summed E-state index contributed by atoms with van der Waals surface area (Å²) in [6.45, 7) is 0.143. The first kappa shape index (κ1) is 35.0. The number of esters is 1. The first-order chi connectivity index (χ1) is 22.3. The highest BCUT2D eigenvalue weighted by Gasteiger charge is 2.35. The van der Waals surface area contributed by atoms with Crippen LogP contribution < -0.4 is 19.5 Å². The summed E-state index contributed by atoms with van der Waals surface area (Å²) in [5.41, 5.74) is 1.17. The van der Waals surface area contributed by atoms with Crippen molar-refractivity contribution in [2.45, 2.75) is 62.9 Å². The quantitative estimate of drug-likeness (QED) is 0.0631. The van der Waals surface area contributed by atoms with E-state index in [0.717, 1.165) is 32.1 Å². The van der Waals surface area contributed by atoms with E-state index >= 15 is 0 Å². The molecule has 0 aliphatic heterocycles. The number of rotatable bonds is 18. The lowest BCUT2D eigenvalue weighted by molar-refractivity contribution is -0.134. The zero-order chi connectivity index (χ0) is 32.7. The van der Waals surface area contributed by atoms with Crippen molar-refractivity contribution >= 4 is 35.1 Å². The molecule has 1 aliphatic rings. The Kier molecular flexibility index (Phi) is 13.9. The third-order valence-corrected chi connectivity index (χ3v) is 9.63. The van der Waals surface area contributed by atoms with E-state index in [1.165, 1.54) is 0 Å². The minimum atomic E-state index is -1.52. The predicted molar refractivity (Wildman–Crippen MR) is 178 cm³/mol. The van der Waals surface area contributed by atoms with Gasteiger partial charge in [0.05, 0.1) is 19.6 Å². The summed E-state index contributed by atoms with van der Waals surface area (Å²) in [6, 6.07) is 22.8. The van der Waals surface area contributed by atoms with Crippen molar-refractivity contribution in [3.8, 4) is 17.2 Å². The molecule has 46 heavy (non-hydrogen) atoms. The molecular weight excluding hydrogens is 606 g/mol. The maximum Gasteiger partial charge on any atom is 0.311 e. The zero-order valence-electron chi connectivity index (χ0n) is 26.1. The van der Waals surface area contributed by atoms with E-state index in [2.05, 4.69) is 5.32 Å². The Balaban J connectivity index is 1.11. The second kappa shape index (κ2) is 18.3. The average Bonchev–Trinajstić information content (AvgIpc) is 3.42. The minimum Gasteiger partial charge on any atom is -0.497 e. The molecule has 1 fully saturated rings. The van der Waals surface area contributed by atoms with Gasteiger partial charge < -0.3 is 29.7 Å². The zero-order valence-corrected chi connectivity index (χ0v) is 27.0. The molecule has 3 N–H and O–H groups in total. The van der Waals surface area contributed by atoms with Crippen LogP contribution in [0.15, 0.2) is 78.9 Å². The first-order valence-electron chi connectivity index (χ1n) is 15.8. The van der Waals surface area contributed by atoms with Gasteiger partial charge in [-0.2, -0.15) is 11.8 Å². The van der Waals surface area contributed by atoms with Crippen molar-refractivity contribution in [3.05, 3.63) is 84.4 Å². The van der Waals surface area contributed by atoms with Crippen LogP contribution >= 0.6 is 11.8 Å². The lowest BCUT2D eigenvalue weighted by Crippen LogP contribution is -2.29. The number of aliphatic hydroxyl groups is 2. The lowest BCUT2D eigenvalue weighted by Gasteiger charge is -2.23. The first-order valence-corrected chi connectivity index (χ1v) is 16.8. The van der Waals surface area contributed by atoms with Gasteiger partial charge in [0.2, 0.25) is 0 Å². The molecule has 0 saturated heterocycles. The monoisotopic (exact) mass is 649 g/mol. The molecule has 0 bridgehead atoms. The number of ketones is 1. The minimum absolute atomic E-state index is 0.0359. The number of Topliss-reactive ketones (excluding diaryl/α,β-unsaturated/α-hetero) is 1. The van der Waals surface area contributed by atoms with Crippen LogP contribution in [-0.4, -0.2) is 58.9 Å². The molecule has 4 rings (SSSR count). The van der Waals surface area contributed by atoms with E-state index in [1.807, 2.05) is 18.2 Å². The van der Waals surface area contributed by atoms with E-state index in [9.17, 15) is 24.6 Å². The Morgan fingerprint density at radius 2 is 1.65 bits per heavy atom. The van der Waals surface area contributed by atoms with Crippen molar-refractivity contribution in [2.24, 2.45) is 11.8 Å². The smallest absolute Gasteiger partial charge is 0.311 e. The number of benzene rings is 3. The van der Waals surface area contributed by atoms with Gasteiger partial charge in [-0.25, -0.2) is 0 Å². The molecule has 1 unspecified atom stereocenters. The van der Waals surface area contributed by atoms with Crippen LogP contribution in [0.3, 0.4) is 0 Å². The Labute approximate surface area is 274 Å². The van der Waals surface area contributed by atoms with Crippen molar-refractivity contribution in [3.63, 3.8) is 0 Å². The summed E-state index contributed by atoms with van der Waals surface area (Å²) in [7, 11) is 1.58. The molecule has 246 valence electrons. The third-order valence-electron chi connectivity index (χ3n) is 8.01. The summed E-state index contributed by atoms with van der Waals surface area (Å²) < 4.78 is 16.4. The van der Waals surface area contributed by atoms with Crippen LogP contribution in [0, 0.1) is 11.8 Å². The molecule has 0 radical (unpaired) electrons. The van der Waals surface area contributed by atoms with E-state index in [4.69, 9.17) is 14.2 Å². The average molecular weight is 650 g/mol. The molecule has 10 heteroatoms. The maximum absolute atomic E-state index is 12.6. The number of amides is 1. The third kappa shape index (κ3) is 11.2. The summed E-state index contributed by atoms with van der Waals surface area (Å²) >= 11 is 1.62. The maximum atomic E-state index is 12.6. The topological polar surface area (TPSA) is 131 Å². The number of methoxy groups -OCH3 is 1.